The molecule has 1 aromatic carbocycles. The minimum absolute atomic E-state index is 0.135. The van der Waals surface area contributed by atoms with E-state index in [0.29, 0.717) is 0 Å². The van der Waals surface area contributed by atoms with Crippen molar-refractivity contribution in [2.24, 2.45) is 11.5 Å². The number of nitrogens with two attached hydrogens (primary N) is 2. The Morgan fingerprint density at radius 3 is 2.18 bits per heavy atom. The first-order chi connectivity index (χ1) is 5.18. The molecule has 11 heavy (non-hydrogen) atoms. The van der Waals surface area contributed by atoms with Gasteiger partial charge in [0.2, 0.25) is 0 Å². The maximum atomic E-state index is 8.89. The van der Waals surface area contributed by atoms with Crippen LogP contribution in [-0.4, -0.2) is 11.1 Å². The molecule has 0 heterocycles. The molecular formula is C7H10N3O+. The van der Waals surface area contributed by atoms with Gasteiger partial charge in [0.1, 0.15) is 5.75 Å². The van der Waals surface area contributed by atoms with E-state index in [9.17, 15) is 0 Å². The first kappa shape index (κ1) is 7.40. The lowest BCUT2D eigenvalue weighted by molar-refractivity contribution is -0.356. The van der Waals surface area contributed by atoms with Gasteiger partial charge in [-0.15, -0.1) is 0 Å². The minimum atomic E-state index is 0.135. The highest BCUT2D eigenvalue weighted by molar-refractivity contribution is 5.70. The highest BCUT2D eigenvalue weighted by atomic mass is 16.3. The number of nitrogens with one attached hydrogen (secondary N) is 1. The third-order valence-corrected chi connectivity index (χ3v) is 1.16. The second-order valence-electron chi connectivity index (χ2n) is 2.13. The SMILES string of the molecule is NC(N)=[NH+]c1ccc(O)cc1. The molecule has 0 saturated carbocycles. The van der Waals surface area contributed by atoms with Crippen LogP contribution in [0.4, 0.5) is 5.69 Å². The van der Waals surface area contributed by atoms with Gasteiger partial charge in [0.15, 0.2) is 0 Å². The molecule has 1 rings (SSSR count). The number of rotatable bonds is 1. The first-order valence-corrected chi connectivity index (χ1v) is 3.12. The maximum absolute atomic E-state index is 8.89. The zero-order valence-corrected chi connectivity index (χ0v) is 5.91. The van der Waals surface area contributed by atoms with Gasteiger partial charge in [-0.05, 0) is 24.3 Å². The molecule has 0 aromatic heterocycles. The smallest absolute Gasteiger partial charge is 0.343 e. The zero-order chi connectivity index (χ0) is 8.27. The van der Waals surface area contributed by atoms with Crippen LogP contribution in [0.5, 0.6) is 5.75 Å². The van der Waals surface area contributed by atoms with Crippen molar-refractivity contribution in [1.29, 1.82) is 0 Å². The van der Waals surface area contributed by atoms with Crippen LogP contribution in [0.25, 0.3) is 0 Å². The summed E-state index contributed by atoms with van der Waals surface area (Å²) in [6, 6.07) is 6.45. The molecule has 0 spiro atoms. The van der Waals surface area contributed by atoms with Crippen molar-refractivity contribution in [3.63, 3.8) is 0 Å². The molecule has 6 N–H and O–H groups in total. The van der Waals surface area contributed by atoms with Crippen LogP contribution < -0.4 is 16.5 Å². The van der Waals surface area contributed by atoms with Gasteiger partial charge in [-0.1, -0.05) is 0 Å². The fraction of sp³-hybridized carbons (Fsp3) is 0. The number of guanidine groups is 1. The number of benzene rings is 1. The Labute approximate surface area is 64.2 Å². The molecule has 0 amide bonds. The Kier molecular flexibility index (Phi) is 1.96. The average Bonchev–Trinajstić information content (AvgIpc) is 1.93. The first-order valence-electron chi connectivity index (χ1n) is 3.12. The van der Waals surface area contributed by atoms with E-state index in [2.05, 4.69) is 4.99 Å². The van der Waals surface area contributed by atoms with Crippen molar-refractivity contribution in [1.82, 2.24) is 0 Å². The van der Waals surface area contributed by atoms with Gasteiger partial charge in [-0.25, -0.2) is 4.99 Å². The minimum Gasteiger partial charge on any atom is -0.508 e. The van der Waals surface area contributed by atoms with Gasteiger partial charge in [-0.2, -0.15) is 0 Å². The van der Waals surface area contributed by atoms with Gasteiger partial charge in [0, 0.05) is 0 Å². The lowest BCUT2D eigenvalue weighted by Gasteiger charge is -1.91. The Morgan fingerprint density at radius 2 is 1.73 bits per heavy atom. The van der Waals surface area contributed by atoms with E-state index in [1.165, 1.54) is 0 Å². The number of phenols is 1. The van der Waals surface area contributed by atoms with Gasteiger partial charge in [0.05, 0.1) is 5.69 Å². The number of phenolic OH excluding ortho intramolecular Hbond substituents is 1. The Hall–Kier alpha value is -1.71. The summed E-state index contributed by atoms with van der Waals surface area (Å²) in [6.45, 7) is 0. The molecule has 4 heteroatoms. The van der Waals surface area contributed by atoms with Crippen LogP contribution in [0.3, 0.4) is 0 Å². The number of aromatic hydroxyl groups is 1. The van der Waals surface area contributed by atoms with Crippen molar-refractivity contribution in [3.8, 4) is 5.75 Å². The van der Waals surface area contributed by atoms with Gasteiger partial charge < -0.3 is 5.11 Å². The molecule has 0 saturated heterocycles. The van der Waals surface area contributed by atoms with Crippen LogP contribution in [-0.2, 0) is 0 Å². The summed E-state index contributed by atoms with van der Waals surface area (Å²) in [7, 11) is 0. The predicted octanol–water partition coefficient (Wildman–Crippen LogP) is -1.62. The van der Waals surface area contributed by atoms with E-state index >= 15 is 0 Å². The standard InChI is InChI=1S/C7H9N3O/c8-7(9)10-5-1-3-6(11)4-2-5/h1-4,11H,(H4,8,9,10)/p+1. The highest BCUT2D eigenvalue weighted by Gasteiger charge is 1.91. The lowest BCUT2D eigenvalue weighted by Crippen LogP contribution is -2.72. The van der Waals surface area contributed by atoms with E-state index in [4.69, 9.17) is 16.6 Å². The molecule has 58 valence electrons. The van der Waals surface area contributed by atoms with Crippen LogP contribution in [0.1, 0.15) is 0 Å². The van der Waals surface area contributed by atoms with Crippen molar-refractivity contribution in [3.05, 3.63) is 24.3 Å². The molecule has 0 fully saturated rings. The summed E-state index contributed by atoms with van der Waals surface area (Å²) in [5, 5.41) is 8.89. The van der Waals surface area contributed by atoms with Crippen LogP contribution >= 0.6 is 0 Å². The van der Waals surface area contributed by atoms with E-state index in [1.54, 1.807) is 24.3 Å². The van der Waals surface area contributed by atoms with Gasteiger partial charge in [0.25, 0.3) is 0 Å². The molecule has 0 atom stereocenters. The quantitative estimate of drug-likeness (QED) is 0.221. The topological polar surface area (TPSA) is 86.2 Å². The summed E-state index contributed by atoms with van der Waals surface area (Å²) >= 11 is 0. The second-order valence-corrected chi connectivity index (χ2v) is 2.13. The summed E-state index contributed by atoms with van der Waals surface area (Å²) in [6.07, 6.45) is 0. The van der Waals surface area contributed by atoms with Crippen LogP contribution in [0.15, 0.2) is 24.3 Å². The second kappa shape index (κ2) is 2.92. The molecular weight excluding hydrogens is 142 g/mol. The van der Waals surface area contributed by atoms with Gasteiger partial charge >= 0.3 is 5.96 Å². The molecule has 1 aromatic rings. The largest absolute Gasteiger partial charge is 0.508 e. The van der Waals surface area contributed by atoms with Gasteiger partial charge in [-0.3, -0.25) is 11.5 Å². The highest BCUT2D eigenvalue weighted by Crippen LogP contribution is 2.08. The molecule has 0 radical (unpaired) electrons. The molecule has 0 unspecified atom stereocenters. The van der Waals surface area contributed by atoms with Crippen molar-refractivity contribution in [2.45, 2.75) is 0 Å². The normalized spacial score (nSPS) is 9.09. The molecule has 0 bridgehead atoms. The molecule has 0 aliphatic carbocycles. The third kappa shape index (κ3) is 2.17. The van der Waals surface area contributed by atoms with E-state index in [1.807, 2.05) is 0 Å². The summed E-state index contributed by atoms with van der Waals surface area (Å²) in [5.41, 5.74) is 11.1. The monoisotopic (exact) mass is 152 g/mol. The molecule has 0 aliphatic heterocycles. The third-order valence-electron chi connectivity index (χ3n) is 1.16. The van der Waals surface area contributed by atoms with Crippen LogP contribution in [0, 0.1) is 0 Å². The summed E-state index contributed by atoms with van der Waals surface area (Å²) in [5.74, 6) is 0.349. The van der Waals surface area contributed by atoms with E-state index in [-0.39, 0.29) is 11.7 Å². The van der Waals surface area contributed by atoms with E-state index in [0.717, 1.165) is 5.69 Å². The summed E-state index contributed by atoms with van der Waals surface area (Å²) in [4.78, 5) is 2.69. The fourth-order valence-electron chi connectivity index (χ4n) is 0.711. The fourth-order valence-corrected chi connectivity index (χ4v) is 0.711. The number of hydrogen-bond acceptors (Lipinski definition) is 1. The summed E-state index contributed by atoms with van der Waals surface area (Å²) < 4.78 is 0. The predicted molar refractivity (Wildman–Crippen MR) is 42.1 cm³/mol. The average molecular weight is 152 g/mol. The Bertz CT molecular complexity index is 262. The maximum Gasteiger partial charge on any atom is 0.343 e. The van der Waals surface area contributed by atoms with Crippen molar-refractivity contribution < 1.29 is 10.1 Å². The zero-order valence-electron chi connectivity index (χ0n) is 5.91. The number of hydrogen-bond donors (Lipinski definition) is 4. The van der Waals surface area contributed by atoms with Crippen LogP contribution in [0.2, 0.25) is 0 Å². The van der Waals surface area contributed by atoms with Crippen molar-refractivity contribution in [2.75, 3.05) is 0 Å². The Balaban J connectivity index is 2.91. The molecule has 4 nitrogen and oxygen atoms in total. The lowest BCUT2D eigenvalue weighted by atomic mass is 10.3. The molecule has 0 aliphatic rings. The Morgan fingerprint density at radius 1 is 1.18 bits per heavy atom. The van der Waals surface area contributed by atoms with E-state index < -0.39 is 0 Å². The van der Waals surface area contributed by atoms with Crippen molar-refractivity contribution >= 4 is 11.6 Å².